The first kappa shape index (κ1) is 23.1. The van der Waals surface area contributed by atoms with Crippen molar-refractivity contribution in [2.75, 3.05) is 27.7 Å². The molecule has 9 nitrogen and oxygen atoms in total. The molecule has 1 atom stereocenters. The molecule has 1 unspecified atom stereocenters. The fraction of sp³-hybridized carbons (Fsp3) is 0.435. The number of H-pyrrole nitrogens is 1. The zero-order chi connectivity index (χ0) is 23.9. The highest BCUT2D eigenvalue weighted by Gasteiger charge is 2.24. The molecule has 1 amide bonds. The van der Waals surface area contributed by atoms with Crippen LogP contribution in [0.3, 0.4) is 0 Å². The van der Waals surface area contributed by atoms with Crippen molar-refractivity contribution in [2.24, 2.45) is 0 Å². The maximum atomic E-state index is 12.5. The predicted octanol–water partition coefficient (Wildman–Crippen LogP) is 3.76. The number of fused-ring (bicyclic) bond motifs is 1. The van der Waals surface area contributed by atoms with Crippen LogP contribution in [0.2, 0.25) is 0 Å². The van der Waals surface area contributed by atoms with E-state index in [9.17, 15) is 4.79 Å². The molecule has 0 aliphatic rings. The van der Waals surface area contributed by atoms with E-state index in [1.165, 1.54) is 0 Å². The van der Waals surface area contributed by atoms with Crippen molar-refractivity contribution in [1.82, 2.24) is 39.6 Å². The largest absolute Gasteiger partial charge is 0.337 e. The van der Waals surface area contributed by atoms with E-state index >= 15 is 0 Å². The van der Waals surface area contributed by atoms with Gasteiger partial charge in [-0.2, -0.15) is 10.2 Å². The Morgan fingerprint density at radius 3 is 2.67 bits per heavy atom. The summed E-state index contributed by atoms with van der Waals surface area (Å²) in [5, 5.41) is 13.1. The van der Waals surface area contributed by atoms with E-state index in [1.807, 2.05) is 52.3 Å². The molecule has 0 spiro atoms. The average Bonchev–Trinajstić information content (AvgIpc) is 3.50. The third-order valence-electron chi connectivity index (χ3n) is 5.79. The Balaban J connectivity index is 1.69. The number of aromatic amines is 1. The number of likely N-dealkylation sites (N-methyl/N-ethyl adjacent to an activating group) is 2. The van der Waals surface area contributed by atoms with Crippen molar-refractivity contribution in [3.63, 3.8) is 0 Å². The molecule has 0 saturated heterocycles. The number of aromatic nitrogens is 6. The lowest BCUT2D eigenvalue weighted by atomic mass is 9.97. The lowest BCUT2D eigenvalue weighted by Crippen LogP contribution is -2.36. The number of nitrogens with zero attached hydrogens (tertiary/aromatic N) is 7. The van der Waals surface area contributed by atoms with Crippen molar-refractivity contribution in [1.29, 1.82) is 0 Å². The molecule has 33 heavy (non-hydrogen) atoms. The van der Waals surface area contributed by atoms with Gasteiger partial charge in [0.05, 0.1) is 24.0 Å². The summed E-state index contributed by atoms with van der Waals surface area (Å²) in [4.78, 5) is 26.2. The zero-order valence-electron chi connectivity index (χ0n) is 20.1. The number of aryl methyl sites for hydroxylation is 1. The number of carbonyl (C=O) groups excluding carboxylic acids is 1. The van der Waals surface area contributed by atoms with Gasteiger partial charge in [0, 0.05) is 35.4 Å². The van der Waals surface area contributed by atoms with E-state index in [4.69, 9.17) is 4.98 Å². The summed E-state index contributed by atoms with van der Waals surface area (Å²) >= 11 is 1.59. The highest BCUT2D eigenvalue weighted by atomic mass is 32.1. The van der Waals surface area contributed by atoms with Crippen LogP contribution in [0, 0.1) is 6.92 Å². The summed E-state index contributed by atoms with van der Waals surface area (Å²) in [6.07, 6.45) is 5.38. The molecule has 10 heteroatoms. The smallest absolute Gasteiger partial charge is 0.237 e. The highest BCUT2D eigenvalue weighted by Crippen LogP contribution is 2.38. The van der Waals surface area contributed by atoms with E-state index in [0.29, 0.717) is 6.54 Å². The lowest BCUT2D eigenvalue weighted by molar-refractivity contribution is -0.132. The second kappa shape index (κ2) is 9.03. The Bertz CT molecular complexity index is 1280. The molecule has 0 fully saturated rings. The minimum atomic E-state index is -0.0639. The minimum Gasteiger partial charge on any atom is -0.337 e. The van der Waals surface area contributed by atoms with Crippen LogP contribution in [0.5, 0.6) is 0 Å². The fourth-order valence-corrected chi connectivity index (χ4v) is 4.92. The Kier molecular flexibility index (Phi) is 6.31. The summed E-state index contributed by atoms with van der Waals surface area (Å²) in [6, 6.07) is 2.03. The minimum absolute atomic E-state index is 0.0639. The first-order valence-corrected chi connectivity index (χ1v) is 11.7. The van der Waals surface area contributed by atoms with E-state index in [-0.39, 0.29) is 17.9 Å². The second-order valence-electron chi connectivity index (χ2n) is 8.94. The molecule has 0 aromatic carbocycles. The molecule has 4 heterocycles. The normalized spacial score (nSPS) is 12.8. The van der Waals surface area contributed by atoms with Gasteiger partial charge in [-0.3, -0.25) is 9.89 Å². The molecule has 174 valence electrons. The second-order valence-corrected chi connectivity index (χ2v) is 10.0. The zero-order valence-corrected chi connectivity index (χ0v) is 20.9. The fourth-order valence-electron chi connectivity index (χ4n) is 3.90. The van der Waals surface area contributed by atoms with E-state index in [2.05, 4.69) is 40.2 Å². The van der Waals surface area contributed by atoms with Crippen LogP contribution in [0.15, 0.2) is 24.8 Å². The van der Waals surface area contributed by atoms with Crippen molar-refractivity contribution in [2.45, 2.75) is 39.7 Å². The van der Waals surface area contributed by atoms with Gasteiger partial charge in [0.25, 0.3) is 0 Å². The monoisotopic (exact) mass is 466 g/mol. The Morgan fingerprint density at radius 2 is 1.97 bits per heavy atom. The molecule has 4 aromatic heterocycles. The summed E-state index contributed by atoms with van der Waals surface area (Å²) in [6.45, 7) is 8.75. The van der Waals surface area contributed by atoms with E-state index in [0.717, 1.165) is 43.6 Å². The molecule has 4 aromatic rings. The molecule has 0 aliphatic heterocycles. The standard InChI is InChI=1S/C23H30N8OS/c1-13(2)19-20(16-8-14(3)22-25-12-26-31(22)10-16)27-28-21(19)23-24-9-17(33-23)15(4)30(7)18(32)11-29(5)6/h8-10,12-13,15H,11H2,1-7H3,(H,27,28). The first-order chi connectivity index (χ1) is 15.7. The number of nitrogens with one attached hydrogen (secondary N) is 1. The molecule has 4 rings (SSSR count). The van der Waals surface area contributed by atoms with Gasteiger partial charge >= 0.3 is 0 Å². The number of rotatable bonds is 7. The van der Waals surface area contributed by atoms with Gasteiger partial charge in [0.2, 0.25) is 5.91 Å². The Hall–Kier alpha value is -3.11. The van der Waals surface area contributed by atoms with Gasteiger partial charge in [-0.25, -0.2) is 14.5 Å². The maximum absolute atomic E-state index is 12.5. The number of thiazole rings is 1. The van der Waals surface area contributed by atoms with Gasteiger partial charge in [-0.05, 0) is 45.5 Å². The van der Waals surface area contributed by atoms with Crippen molar-refractivity contribution >= 4 is 22.9 Å². The quantitative estimate of drug-likeness (QED) is 0.446. The van der Waals surface area contributed by atoms with Crippen LogP contribution in [0.1, 0.15) is 48.7 Å². The van der Waals surface area contributed by atoms with Crippen molar-refractivity contribution in [3.05, 3.63) is 40.8 Å². The van der Waals surface area contributed by atoms with E-state index in [1.54, 1.807) is 27.1 Å². The average molecular weight is 467 g/mol. The first-order valence-electron chi connectivity index (χ1n) is 10.9. The van der Waals surface area contributed by atoms with Gasteiger partial charge in [-0.1, -0.05) is 13.8 Å². The van der Waals surface area contributed by atoms with Gasteiger partial charge in [0.15, 0.2) is 5.65 Å². The molecular formula is C23H30N8OS. The van der Waals surface area contributed by atoms with Crippen LogP contribution in [-0.2, 0) is 4.79 Å². The summed E-state index contributed by atoms with van der Waals surface area (Å²) in [5.41, 5.74) is 5.79. The van der Waals surface area contributed by atoms with Gasteiger partial charge in [-0.15, -0.1) is 11.3 Å². The van der Waals surface area contributed by atoms with Gasteiger partial charge < -0.3 is 9.80 Å². The van der Waals surface area contributed by atoms with Crippen LogP contribution in [-0.4, -0.2) is 73.2 Å². The molecule has 0 radical (unpaired) electrons. The number of pyridine rings is 1. The molecule has 0 bridgehead atoms. The van der Waals surface area contributed by atoms with Crippen LogP contribution >= 0.6 is 11.3 Å². The number of carbonyl (C=O) groups is 1. The summed E-state index contributed by atoms with van der Waals surface area (Å²) < 4.78 is 1.78. The molecule has 1 N–H and O–H groups in total. The highest BCUT2D eigenvalue weighted by molar-refractivity contribution is 7.15. The third kappa shape index (κ3) is 4.40. The summed E-state index contributed by atoms with van der Waals surface area (Å²) in [5.74, 6) is 0.308. The van der Waals surface area contributed by atoms with Gasteiger partial charge in [0.1, 0.15) is 11.3 Å². The van der Waals surface area contributed by atoms with Crippen LogP contribution < -0.4 is 0 Å². The van der Waals surface area contributed by atoms with E-state index < -0.39 is 0 Å². The SMILES string of the molecule is Cc1cc(-c2n[nH]c(-c3ncc(C(C)N(C)C(=O)CN(C)C)s3)c2C(C)C)cn2ncnc12. The maximum Gasteiger partial charge on any atom is 0.237 e. The molecular weight excluding hydrogens is 436 g/mol. The molecule has 0 aliphatic carbocycles. The van der Waals surface area contributed by atoms with Crippen LogP contribution in [0.25, 0.3) is 27.6 Å². The Labute approximate surface area is 197 Å². The predicted molar refractivity (Wildman–Crippen MR) is 130 cm³/mol. The van der Waals surface area contributed by atoms with Crippen molar-refractivity contribution < 1.29 is 4.79 Å². The summed E-state index contributed by atoms with van der Waals surface area (Å²) in [7, 11) is 5.63. The lowest BCUT2D eigenvalue weighted by Gasteiger charge is -2.25. The number of hydrogen-bond donors (Lipinski definition) is 1. The number of amides is 1. The third-order valence-corrected chi connectivity index (χ3v) is 6.97. The van der Waals surface area contributed by atoms with Crippen molar-refractivity contribution in [3.8, 4) is 22.0 Å². The molecule has 0 saturated carbocycles. The topological polar surface area (TPSA) is 95.3 Å². The Morgan fingerprint density at radius 1 is 1.21 bits per heavy atom. The number of hydrogen-bond acceptors (Lipinski definition) is 7. The van der Waals surface area contributed by atoms with Crippen LogP contribution in [0.4, 0.5) is 0 Å².